The van der Waals surface area contributed by atoms with Gasteiger partial charge in [0.25, 0.3) is 0 Å². The van der Waals surface area contributed by atoms with Crippen LogP contribution >= 0.6 is 0 Å². The summed E-state index contributed by atoms with van der Waals surface area (Å²) in [5.74, 6) is 1.17. The van der Waals surface area contributed by atoms with Crippen LogP contribution in [0.2, 0.25) is 0 Å². The number of rotatable bonds is 4. The van der Waals surface area contributed by atoms with Crippen molar-refractivity contribution in [1.29, 1.82) is 0 Å². The van der Waals surface area contributed by atoms with Gasteiger partial charge < -0.3 is 14.1 Å². The average molecular weight is 352 g/mol. The number of anilines is 1. The lowest BCUT2D eigenvalue weighted by molar-refractivity contribution is 0.370. The van der Waals surface area contributed by atoms with Crippen molar-refractivity contribution < 1.29 is 17.6 Å². The fraction of sp³-hybridized carbons (Fsp3) is 0.467. The first kappa shape index (κ1) is 16.7. The van der Waals surface area contributed by atoms with Crippen LogP contribution in [-0.2, 0) is 10.0 Å². The summed E-state index contributed by atoms with van der Waals surface area (Å²) < 4.78 is 37.7. The summed E-state index contributed by atoms with van der Waals surface area (Å²) in [5, 5.41) is 7.77. The zero-order chi connectivity index (χ0) is 17.3. The smallest absolute Gasteiger partial charge is 0.318 e. The molecule has 0 unspecified atom stereocenters. The van der Waals surface area contributed by atoms with Gasteiger partial charge in [0.05, 0.1) is 12.0 Å². The number of ether oxygens (including phenoxy) is 1. The summed E-state index contributed by atoms with van der Waals surface area (Å²) in [7, 11) is -1.96. The Labute approximate surface area is 141 Å². The van der Waals surface area contributed by atoms with E-state index in [0.717, 1.165) is 5.56 Å². The number of piperazine rings is 1. The molecule has 8 nitrogen and oxygen atoms in total. The lowest BCUT2D eigenvalue weighted by Gasteiger charge is -2.32. The van der Waals surface area contributed by atoms with Crippen LogP contribution in [0.3, 0.4) is 0 Å². The molecule has 0 atom stereocenters. The molecule has 1 saturated heterocycles. The van der Waals surface area contributed by atoms with E-state index in [1.54, 1.807) is 32.2 Å². The van der Waals surface area contributed by atoms with Crippen LogP contribution in [0.4, 0.5) is 6.01 Å². The number of hydrogen-bond acceptors (Lipinski definition) is 7. The largest absolute Gasteiger partial charge is 0.496 e. The molecule has 130 valence electrons. The lowest BCUT2D eigenvalue weighted by atomic mass is 10.2. The first-order valence-corrected chi connectivity index (χ1v) is 9.05. The SMILES string of the molecule is COc1ccc(S(=O)(=O)N2CCN(c3nnc(C)o3)CC2)cc1C. The van der Waals surface area contributed by atoms with Crippen LogP contribution in [0.25, 0.3) is 0 Å². The number of nitrogens with zero attached hydrogens (tertiary/aromatic N) is 4. The average Bonchev–Trinajstić information content (AvgIpc) is 3.01. The summed E-state index contributed by atoms with van der Waals surface area (Å²) in [5.41, 5.74) is 0.790. The Balaban J connectivity index is 1.74. The highest BCUT2D eigenvalue weighted by atomic mass is 32.2. The summed E-state index contributed by atoms with van der Waals surface area (Å²) in [6.45, 7) is 5.31. The van der Waals surface area contributed by atoms with Crippen LogP contribution in [0.5, 0.6) is 5.75 Å². The highest BCUT2D eigenvalue weighted by Gasteiger charge is 2.30. The maximum atomic E-state index is 12.8. The van der Waals surface area contributed by atoms with Crippen LogP contribution in [0, 0.1) is 13.8 Å². The highest BCUT2D eigenvalue weighted by Crippen LogP contribution is 2.25. The third kappa shape index (κ3) is 3.09. The van der Waals surface area contributed by atoms with E-state index < -0.39 is 10.0 Å². The summed E-state index contributed by atoms with van der Waals surface area (Å²) in [6.07, 6.45) is 0. The van der Waals surface area contributed by atoms with E-state index in [9.17, 15) is 8.42 Å². The molecule has 0 radical (unpaired) electrons. The minimum absolute atomic E-state index is 0.280. The fourth-order valence-electron chi connectivity index (χ4n) is 2.69. The number of hydrogen-bond donors (Lipinski definition) is 0. The minimum atomic E-state index is -3.53. The van der Waals surface area contributed by atoms with E-state index in [-0.39, 0.29) is 4.90 Å². The molecule has 0 bridgehead atoms. The van der Waals surface area contributed by atoms with E-state index in [2.05, 4.69) is 10.2 Å². The standard InChI is InChI=1S/C15H20N4O4S/c1-11-10-13(4-5-14(11)22-3)24(20,21)19-8-6-18(7-9-19)15-17-16-12(2)23-15/h4-5,10H,6-9H2,1-3H3. The summed E-state index contributed by atoms with van der Waals surface area (Å²) in [4.78, 5) is 2.17. The Bertz CT molecular complexity index is 826. The van der Waals surface area contributed by atoms with Gasteiger partial charge in [-0.05, 0) is 30.7 Å². The van der Waals surface area contributed by atoms with Crippen LogP contribution in [0.1, 0.15) is 11.5 Å². The topological polar surface area (TPSA) is 88.8 Å². The lowest BCUT2D eigenvalue weighted by Crippen LogP contribution is -2.48. The van der Waals surface area contributed by atoms with E-state index in [1.807, 2.05) is 11.8 Å². The maximum Gasteiger partial charge on any atom is 0.318 e. The molecule has 1 aromatic carbocycles. The number of aryl methyl sites for hydroxylation is 2. The number of sulfonamides is 1. The molecule has 1 aliphatic rings. The van der Waals surface area contributed by atoms with Gasteiger partial charge >= 0.3 is 6.01 Å². The third-order valence-electron chi connectivity index (χ3n) is 4.03. The van der Waals surface area contributed by atoms with Gasteiger partial charge in [0.1, 0.15) is 5.75 Å². The molecule has 24 heavy (non-hydrogen) atoms. The molecule has 9 heteroatoms. The second-order valence-corrected chi connectivity index (χ2v) is 7.56. The first-order chi connectivity index (χ1) is 11.4. The molecule has 1 aromatic heterocycles. The van der Waals surface area contributed by atoms with Gasteiger partial charge in [0.2, 0.25) is 15.9 Å². The molecule has 3 rings (SSSR count). The van der Waals surface area contributed by atoms with Crippen molar-refractivity contribution in [1.82, 2.24) is 14.5 Å². The molecular formula is C15H20N4O4S. The van der Waals surface area contributed by atoms with Crippen molar-refractivity contribution in [3.05, 3.63) is 29.7 Å². The third-order valence-corrected chi connectivity index (χ3v) is 5.92. The zero-order valence-corrected chi connectivity index (χ0v) is 14.7. The van der Waals surface area contributed by atoms with E-state index in [4.69, 9.17) is 9.15 Å². The Hall–Kier alpha value is -2.13. The Morgan fingerprint density at radius 3 is 2.38 bits per heavy atom. The van der Waals surface area contributed by atoms with Crippen molar-refractivity contribution in [2.75, 3.05) is 38.2 Å². The van der Waals surface area contributed by atoms with Gasteiger partial charge in [-0.1, -0.05) is 5.10 Å². The molecule has 2 aromatic rings. The number of methoxy groups -OCH3 is 1. The first-order valence-electron chi connectivity index (χ1n) is 7.61. The summed E-state index contributed by atoms with van der Waals surface area (Å²) in [6, 6.07) is 5.33. The quantitative estimate of drug-likeness (QED) is 0.817. The van der Waals surface area contributed by atoms with E-state index >= 15 is 0 Å². The molecule has 1 fully saturated rings. The monoisotopic (exact) mass is 352 g/mol. The molecule has 0 aliphatic carbocycles. The second kappa shape index (κ2) is 6.40. The molecule has 0 spiro atoms. The second-order valence-electron chi connectivity index (χ2n) is 5.63. The molecular weight excluding hydrogens is 332 g/mol. The van der Waals surface area contributed by atoms with Gasteiger partial charge in [0, 0.05) is 33.1 Å². The van der Waals surface area contributed by atoms with Crippen LogP contribution < -0.4 is 9.64 Å². The normalized spacial score (nSPS) is 16.4. The zero-order valence-electron chi connectivity index (χ0n) is 13.9. The number of aromatic nitrogens is 2. The molecule has 0 saturated carbocycles. The molecule has 0 N–H and O–H groups in total. The minimum Gasteiger partial charge on any atom is -0.496 e. The molecule has 0 amide bonds. The van der Waals surface area contributed by atoms with Gasteiger partial charge in [-0.3, -0.25) is 0 Å². The van der Waals surface area contributed by atoms with E-state index in [1.165, 1.54) is 4.31 Å². The Kier molecular flexibility index (Phi) is 4.46. The van der Waals surface area contributed by atoms with Gasteiger partial charge in [-0.25, -0.2) is 8.42 Å². The van der Waals surface area contributed by atoms with Crippen LogP contribution in [0.15, 0.2) is 27.5 Å². The van der Waals surface area contributed by atoms with Crippen molar-refractivity contribution in [2.45, 2.75) is 18.7 Å². The molecule has 1 aliphatic heterocycles. The van der Waals surface area contributed by atoms with Crippen molar-refractivity contribution in [3.63, 3.8) is 0 Å². The highest BCUT2D eigenvalue weighted by molar-refractivity contribution is 7.89. The van der Waals surface area contributed by atoms with Gasteiger partial charge in [-0.15, -0.1) is 5.10 Å². The Morgan fingerprint density at radius 1 is 1.12 bits per heavy atom. The Morgan fingerprint density at radius 2 is 1.83 bits per heavy atom. The van der Waals surface area contributed by atoms with Crippen molar-refractivity contribution in [2.24, 2.45) is 0 Å². The predicted octanol–water partition coefficient (Wildman–Crippen LogP) is 1.21. The van der Waals surface area contributed by atoms with Crippen molar-refractivity contribution >= 4 is 16.0 Å². The summed E-state index contributed by atoms with van der Waals surface area (Å²) >= 11 is 0. The fourth-order valence-corrected chi connectivity index (χ4v) is 4.20. The predicted molar refractivity (Wildman–Crippen MR) is 87.7 cm³/mol. The maximum absolute atomic E-state index is 12.8. The molecule has 2 heterocycles. The van der Waals surface area contributed by atoms with Crippen LogP contribution in [-0.4, -0.2) is 56.2 Å². The van der Waals surface area contributed by atoms with Gasteiger partial charge in [-0.2, -0.15) is 4.31 Å². The number of benzene rings is 1. The van der Waals surface area contributed by atoms with Gasteiger partial charge in [0.15, 0.2) is 0 Å². The van der Waals surface area contributed by atoms with E-state index in [0.29, 0.717) is 43.8 Å². The van der Waals surface area contributed by atoms with Crippen molar-refractivity contribution in [3.8, 4) is 5.75 Å².